The first-order chi connectivity index (χ1) is 19.5. The van der Waals surface area contributed by atoms with Gasteiger partial charge in [0.2, 0.25) is 0 Å². The van der Waals surface area contributed by atoms with Gasteiger partial charge in [0.1, 0.15) is 12.0 Å². The summed E-state index contributed by atoms with van der Waals surface area (Å²) in [5.41, 5.74) is 1.10. The maximum Gasteiger partial charge on any atom is 0.265 e. The maximum absolute atomic E-state index is 13.4. The smallest absolute Gasteiger partial charge is 0.265 e. The molecule has 8 heteroatoms. The number of likely N-dealkylation sites (N-methyl/N-ethyl adjacent to an activating group) is 1. The molecule has 0 aliphatic carbocycles. The van der Waals surface area contributed by atoms with Crippen molar-refractivity contribution in [1.29, 1.82) is 0 Å². The molecule has 0 saturated heterocycles. The Bertz CT molecular complexity index is 989. The predicted molar refractivity (Wildman–Crippen MR) is 160 cm³/mol. The summed E-state index contributed by atoms with van der Waals surface area (Å²) in [6.45, 7) is 10.0. The van der Waals surface area contributed by atoms with Gasteiger partial charge in [-0.3, -0.25) is 19.3 Å². The number of fused-ring (bicyclic) bond motifs is 1. The third kappa shape index (κ3) is 10.6. The van der Waals surface area contributed by atoms with E-state index in [4.69, 9.17) is 4.74 Å². The van der Waals surface area contributed by atoms with Crippen LogP contribution in [-0.2, 0) is 9.59 Å². The van der Waals surface area contributed by atoms with Crippen molar-refractivity contribution in [2.24, 2.45) is 0 Å². The van der Waals surface area contributed by atoms with Crippen LogP contribution in [0.2, 0.25) is 0 Å². The largest absolute Gasteiger partial charge is 0.483 e. The van der Waals surface area contributed by atoms with E-state index in [2.05, 4.69) is 17.2 Å². The highest BCUT2D eigenvalue weighted by molar-refractivity contribution is 6.23. The van der Waals surface area contributed by atoms with Gasteiger partial charge < -0.3 is 20.2 Å². The number of amides is 3. The molecular formula is C32H49N3O5. The lowest BCUT2D eigenvalue weighted by atomic mass is 10.1. The fraction of sp³-hybridized carbons (Fsp3) is 0.562. The zero-order valence-corrected chi connectivity index (χ0v) is 24.9. The van der Waals surface area contributed by atoms with Gasteiger partial charge in [-0.25, -0.2) is 0 Å². The quantitative estimate of drug-likeness (QED) is 0.0889. The van der Waals surface area contributed by atoms with Crippen LogP contribution in [0.4, 0.5) is 0 Å². The third-order valence-electron chi connectivity index (χ3n) is 6.62. The van der Waals surface area contributed by atoms with Crippen molar-refractivity contribution in [1.82, 2.24) is 15.5 Å². The normalized spacial score (nSPS) is 13.2. The van der Waals surface area contributed by atoms with Crippen molar-refractivity contribution in [3.8, 4) is 5.75 Å². The number of carbonyl (C=O) groups is 4. The summed E-state index contributed by atoms with van der Waals surface area (Å²) in [5, 5.41) is 5.93. The number of nitrogens with one attached hydrogen (secondary N) is 2. The first-order valence-electron chi connectivity index (χ1n) is 14.8. The monoisotopic (exact) mass is 555 g/mol. The van der Waals surface area contributed by atoms with Gasteiger partial charge in [-0.15, -0.1) is 6.58 Å². The summed E-state index contributed by atoms with van der Waals surface area (Å²) in [6, 6.07) is 4.22. The van der Waals surface area contributed by atoms with Crippen LogP contribution in [0.15, 0.2) is 42.6 Å². The second-order valence-electron chi connectivity index (χ2n) is 9.43. The number of nitrogens with zero attached hydrogens (tertiary/aromatic N) is 1. The summed E-state index contributed by atoms with van der Waals surface area (Å²) in [4.78, 5) is 51.3. The van der Waals surface area contributed by atoms with Crippen molar-refractivity contribution >= 4 is 24.0 Å². The molecule has 1 heterocycles. The minimum atomic E-state index is -0.596. The molecule has 0 fully saturated rings. The summed E-state index contributed by atoms with van der Waals surface area (Å²) in [5.74, 6) is -0.991. The number of hydrogen-bond donors (Lipinski definition) is 2. The van der Waals surface area contributed by atoms with Crippen LogP contribution >= 0.6 is 0 Å². The average molecular weight is 556 g/mol. The summed E-state index contributed by atoms with van der Waals surface area (Å²) >= 11 is 0. The van der Waals surface area contributed by atoms with E-state index < -0.39 is 17.9 Å². The minimum absolute atomic E-state index is 0.154. The second kappa shape index (κ2) is 20.5. The summed E-state index contributed by atoms with van der Waals surface area (Å²) < 4.78 is 5.71. The Kier molecular flexibility index (Phi) is 17.7. The molecule has 0 spiro atoms. The number of rotatable bonds is 20. The Balaban J connectivity index is 0.00000391. The zero-order chi connectivity index (χ0) is 29.8. The SMILES string of the molecule is C=CCCCCCCCCCNC(=O)COc1cccc2c1C(=O)N(C(CCC=O)/C(=C/CC)NC)C2=O.CC. The Hall–Kier alpha value is -3.42. The molecule has 0 radical (unpaired) electrons. The second-order valence-corrected chi connectivity index (χ2v) is 9.43. The molecule has 2 rings (SSSR count). The molecule has 1 atom stereocenters. The van der Waals surface area contributed by atoms with Crippen LogP contribution in [0, 0.1) is 0 Å². The molecule has 1 aliphatic rings. The van der Waals surface area contributed by atoms with Crippen LogP contribution in [0.5, 0.6) is 5.75 Å². The van der Waals surface area contributed by atoms with E-state index in [9.17, 15) is 19.2 Å². The Morgan fingerprint density at radius 1 is 1.02 bits per heavy atom. The van der Waals surface area contributed by atoms with Crippen LogP contribution in [0.3, 0.4) is 0 Å². The molecule has 40 heavy (non-hydrogen) atoms. The molecule has 0 aromatic heterocycles. The lowest BCUT2D eigenvalue weighted by Crippen LogP contribution is -2.43. The average Bonchev–Trinajstić information content (AvgIpc) is 3.23. The summed E-state index contributed by atoms with van der Waals surface area (Å²) in [7, 11) is 1.73. The van der Waals surface area contributed by atoms with E-state index in [1.807, 2.05) is 32.9 Å². The van der Waals surface area contributed by atoms with Crippen LogP contribution in [-0.4, -0.2) is 55.1 Å². The van der Waals surface area contributed by atoms with Gasteiger partial charge in [0.25, 0.3) is 17.7 Å². The number of hydrogen-bond acceptors (Lipinski definition) is 6. The highest BCUT2D eigenvalue weighted by Crippen LogP contribution is 2.34. The Morgan fingerprint density at radius 3 is 2.33 bits per heavy atom. The number of benzene rings is 1. The molecule has 3 amide bonds. The third-order valence-corrected chi connectivity index (χ3v) is 6.62. The predicted octanol–water partition coefficient (Wildman–Crippen LogP) is 5.97. The van der Waals surface area contributed by atoms with E-state index >= 15 is 0 Å². The Labute approximate surface area is 240 Å². The minimum Gasteiger partial charge on any atom is -0.483 e. The molecule has 2 N–H and O–H groups in total. The van der Waals surface area contributed by atoms with E-state index in [1.165, 1.54) is 30.6 Å². The fourth-order valence-electron chi connectivity index (χ4n) is 4.67. The Morgan fingerprint density at radius 2 is 1.70 bits per heavy atom. The first kappa shape index (κ1) is 34.6. The topological polar surface area (TPSA) is 105 Å². The van der Waals surface area contributed by atoms with Gasteiger partial charge in [0, 0.05) is 25.7 Å². The molecule has 1 unspecified atom stereocenters. The fourth-order valence-corrected chi connectivity index (χ4v) is 4.67. The number of unbranched alkanes of at least 4 members (excludes halogenated alkanes) is 7. The van der Waals surface area contributed by atoms with Crippen molar-refractivity contribution in [3.05, 3.63) is 53.8 Å². The molecule has 1 aromatic rings. The molecule has 222 valence electrons. The lowest BCUT2D eigenvalue weighted by Gasteiger charge is -2.28. The number of ether oxygens (including phenoxy) is 1. The van der Waals surface area contributed by atoms with E-state index in [-0.39, 0.29) is 35.8 Å². The van der Waals surface area contributed by atoms with Crippen LogP contribution < -0.4 is 15.4 Å². The molecular weight excluding hydrogens is 506 g/mol. The molecule has 1 aromatic carbocycles. The van der Waals surface area contributed by atoms with Gasteiger partial charge in [-0.1, -0.05) is 71.1 Å². The lowest BCUT2D eigenvalue weighted by molar-refractivity contribution is -0.123. The molecule has 8 nitrogen and oxygen atoms in total. The van der Waals surface area contributed by atoms with E-state index in [0.29, 0.717) is 25.1 Å². The zero-order valence-electron chi connectivity index (χ0n) is 24.9. The van der Waals surface area contributed by atoms with Gasteiger partial charge in [-0.05, 0) is 44.2 Å². The first-order valence-corrected chi connectivity index (χ1v) is 14.8. The molecule has 1 aliphatic heterocycles. The number of carbonyl (C=O) groups excluding carboxylic acids is 4. The summed E-state index contributed by atoms with van der Waals surface area (Å²) in [6.07, 6.45) is 15.0. The van der Waals surface area contributed by atoms with Crippen molar-refractivity contribution < 1.29 is 23.9 Å². The number of allylic oxidation sites excluding steroid dienone is 2. The van der Waals surface area contributed by atoms with Gasteiger partial charge in [-0.2, -0.15) is 0 Å². The van der Waals surface area contributed by atoms with E-state index in [0.717, 1.165) is 32.0 Å². The van der Waals surface area contributed by atoms with Crippen molar-refractivity contribution in [2.75, 3.05) is 20.2 Å². The highest BCUT2D eigenvalue weighted by Gasteiger charge is 2.43. The van der Waals surface area contributed by atoms with Gasteiger partial charge in [0.15, 0.2) is 6.61 Å². The van der Waals surface area contributed by atoms with Crippen molar-refractivity contribution in [3.63, 3.8) is 0 Å². The number of imide groups is 1. The molecule has 0 bridgehead atoms. The van der Waals surface area contributed by atoms with Gasteiger partial charge in [0.05, 0.1) is 17.2 Å². The number of aldehydes is 1. The maximum atomic E-state index is 13.4. The highest BCUT2D eigenvalue weighted by atomic mass is 16.5. The van der Waals surface area contributed by atoms with Crippen molar-refractivity contribution in [2.45, 2.75) is 97.4 Å². The van der Waals surface area contributed by atoms with Crippen LogP contribution in [0.1, 0.15) is 112 Å². The standard InChI is InChI=1S/C30H43N3O5.C2H6/c1-4-6-7-8-9-10-11-12-13-20-32-27(35)22-38-26-19-14-17-23-28(26)30(37)33(29(23)36)25(18-15-21-34)24(31-3)16-5-2;1-2/h4,14,16-17,19,21,25,31H,1,5-13,15,18,20,22H2,2-3H3,(H,32,35);1-2H3/b24-16-;. The van der Waals surface area contributed by atoms with Gasteiger partial charge >= 0.3 is 0 Å². The van der Waals surface area contributed by atoms with Crippen LogP contribution in [0.25, 0.3) is 0 Å². The van der Waals surface area contributed by atoms with E-state index in [1.54, 1.807) is 25.2 Å². The molecule has 0 saturated carbocycles.